The zero-order valence-electron chi connectivity index (χ0n) is 11.8. The minimum absolute atomic E-state index is 0.0437. The van der Waals surface area contributed by atoms with Crippen molar-refractivity contribution in [2.75, 3.05) is 12.5 Å². The number of hydrogen-bond acceptors (Lipinski definition) is 5. The molecule has 0 aliphatic carbocycles. The molecule has 116 valence electrons. The molecular formula is C15H19ClO5. The number of benzene rings is 1. The van der Waals surface area contributed by atoms with Crippen molar-refractivity contribution >= 4 is 23.4 Å². The molecule has 0 aromatic heterocycles. The van der Waals surface area contributed by atoms with E-state index in [4.69, 9.17) is 16.3 Å². The van der Waals surface area contributed by atoms with Crippen LogP contribution in [0.15, 0.2) is 24.3 Å². The average Bonchev–Trinajstić information content (AvgIpc) is 2.51. The van der Waals surface area contributed by atoms with E-state index in [2.05, 4.69) is 0 Å². The number of aliphatic hydroxyl groups excluding tert-OH is 2. The lowest BCUT2D eigenvalue weighted by Gasteiger charge is -2.15. The predicted octanol–water partition coefficient (Wildman–Crippen LogP) is 1.85. The molecule has 2 unspecified atom stereocenters. The molecule has 1 aromatic rings. The van der Waals surface area contributed by atoms with Crippen LogP contribution in [0.4, 0.5) is 0 Å². The van der Waals surface area contributed by atoms with Gasteiger partial charge in [0.05, 0.1) is 25.0 Å². The Bertz CT molecular complexity index is 471. The van der Waals surface area contributed by atoms with Crippen LogP contribution in [0.5, 0.6) is 0 Å². The van der Waals surface area contributed by atoms with Crippen LogP contribution in [0, 0.1) is 0 Å². The third-order valence-corrected chi connectivity index (χ3v) is 3.27. The summed E-state index contributed by atoms with van der Waals surface area (Å²) >= 11 is 5.47. The molecule has 0 saturated carbocycles. The summed E-state index contributed by atoms with van der Waals surface area (Å²) < 4.78 is 4.75. The number of ketones is 1. The quantitative estimate of drug-likeness (QED) is 0.434. The lowest BCUT2D eigenvalue weighted by molar-refractivity contribution is -0.143. The predicted molar refractivity (Wildman–Crippen MR) is 78.3 cm³/mol. The zero-order valence-corrected chi connectivity index (χ0v) is 12.5. The van der Waals surface area contributed by atoms with Gasteiger partial charge in [-0.25, -0.2) is 0 Å². The number of halogens is 1. The van der Waals surface area contributed by atoms with Crippen LogP contribution < -0.4 is 0 Å². The smallest absolute Gasteiger partial charge is 0.306 e. The summed E-state index contributed by atoms with van der Waals surface area (Å²) in [6.45, 7) is 2.00. The van der Waals surface area contributed by atoms with E-state index in [0.717, 1.165) is 0 Å². The van der Waals surface area contributed by atoms with Crippen LogP contribution in [0.3, 0.4) is 0 Å². The van der Waals surface area contributed by atoms with E-state index < -0.39 is 18.2 Å². The Kier molecular flexibility index (Phi) is 7.36. The lowest BCUT2D eigenvalue weighted by atomic mass is 10.0. The summed E-state index contributed by atoms with van der Waals surface area (Å²) in [5.41, 5.74) is 0.917. The van der Waals surface area contributed by atoms with Crippen molar-refractivity contribution in [3.8, 4) is 0 Å². The number of rotatable bonds is 8. The summed E-state index contributed by atoms with van der Waals surface area (Å²) in [4.78, 5) is 23.1. The van der Waals surface area contributed by atoms with Crippen molar-refractivity contribution in [2.24, 2.45) is 0 Å². The third kappa shape index (κ3) is 5.46. The number of Topliss-reactive ketones (excluding diaryl/α,β-unsaturated/α-hetero) is 1. The maximum atomic E-state index is 11.9. The van der Waals surface area contributed by atoms with Crippen molar-refractivity contribution in [1.82, 2.24) is 0 Å². The van der Waals surface area contributed by atoms with Crippen molar-refractivity contribution in [1.29, 1.82) is 0 Å². The highest BCUT2D eigenvalue weighted by atomic mass is 35.5. The number of carbonyl (C=O) groups is 2. The topological polar surface area (TPSA) is 83.8 Å². The fourth-order valence-electron chi connectivity index (χ4n) is 1.77. The van der Waals surface area contributed by atoms with Gasteiger partial charge in [-0.1, -0.05) is 24.3 Å². The lowest BCUT2D eigenvalue weighted by Crippen LogP contribution is -2.19. The first-order valence-electron chi connectivity index (χ1n) is 6.70. The van der Waals surface area contributed by atoms with Gasteiger partial charge in [0.1, 0.15) is 6.10 Å². The zero-order chi connectivity index (χ0) is 15.8. The SMILES string of the molecule is CCOC(=O)CCC(=O)c1ccc(C(O)C(O)CCl)cc1. The van der Waals surface area contributed by atoms with Gasteiger partial charge < -0.3 is 14.9 Å². The van der Waals surface area contributed by atoms with Crippen LogP contribution in [-0.2, 0) is 9.53 Å². The van der Waals surface area contributed by atoms with E-state index in [-0.39, 0.29) is 24.5 Å². The second kappa shape index (κ2) is 8.77. The Morgan fingerprint density at radius 1 is 1.19 bits per heavy atom. The third-order valence-electron chi connectivity index (χ3n) is 2.96. The molecule has 0 saturated heterocycles. The Morgan fingerprint density at radius 3 is 2.33 bits per heavy atom. The average molecular weight is 315 g/mol. The number of ether oxygens (including phenoxy) is 1. The molecule has 1 aromatic carbocycles. The van der Waals surface area contributed by atoms with Crippen LogP contribution in [0.2, 0.25) is 0 Å². The van der Waals surface area contributed by atoms with Gasteiger partial charge >= 0.3 is 5.97 Å². The molecule has 0 fully saturated rings. The second-order valence-electron chi connectivity index (χ2n) is 4.52. The number of alkyl halides is 1. The molecular weight excluding hydrogens is 296 g/mol. The molecule has 0 spiro atoms. The van der Waals surface area contributed by atoms with Crippen molar-refractivity contribution in [3.05, 3.63) is 35.4 Å². The minimum atomic E-state index is -1.09. The highest BCUT2D eigenvalue weighted by Gasteiger charge is 2.17. The van der Waals surface area contributed by atoms with Crippen molar-refractivity contribution in [2.45, 2.75) is 32.0 Å². The van der Waals surface area contributed by atoms with Crippen molar-refractivity contribution in [3.63, 3.8) is 0 Å². The number of aliphatic hydroxyl groups is 2. The van der Waals surface area contributed by atoms with Gasteiger partial charge in [0.25, 0.3) is 0 Å². The molecule has 5 nitrogen and oxygen atoms in total. The fraction of sp³-hybridized carbons (Fsp3) is 0.467. The molecule has 0 amide bonds. The molecule has 2 atom stereocenters. The van der Waals surface area contributed by atoms with E-state index >= 15 is 0 Å². The molecule has 0 heterocycles. The Balaban J connectivity index is 2.61. The Labute approximate surface area is 128 Å². The first-order valence-corrected chi connectivity index (χ1v) is 7.24. The monoisotopic (exact) mass is 314 g/mol. The Morgan fingerprint density at radius 2 is 1.81 bits per heavy atom. The van der Waals surface area contributed by atoms with Gasteiger partial charge in [0, 0.05) is 12.0 Å². The van der Waals surface area contributed by atoms with Crippen LogP contribution in [0.1, 0.15) is 41.8 Å². The molecule has 1 rings (SSSR count). The highest BCUT2D eigenvalue weighted by molar-refractivity contribution is 6.18. The van der Waals surface area contributed by atoms with Gasteiger partial charge in [-0.2, -0.15) is 0 Å². The molecule has 6 heteroatoms. The molecule has 0 aliphatic heterocycles. The summed E-state index contributed by atoms with van der Waals surface area (Å²) in [5, 5.41) is 19.2. The standard InChI is InChI=1S/C15H19ClO5/c1-2-21-14(19)8-7-12(17)10-3-5-11(6-4-10)15(20)13(18)9-16/h3-6,13,15,18,20H,2,7-9H2,1H3. The summed E-state index contributed by atoms with van der Waals surface area (Å²) in [7, 11) is 0. The van der Waals surface area contributed by atoms with E-state index in [0.29, 0.717) is 17.7 Å². The van der Waals surface area contributed by atoms with Crippen LogP contribution in [0.25, 0.3) is 0 Å². The largest absolute Gasteiger partial charge is 0.466 e. The van der Waals surface area contributed by atoms with Crippen LogP contribution >= 0.6 is 11.6 Å². The van der Waals surface area contributed by atoms with E-state index in [1.807, 2.05) is 0 Å². The van der Waals surface area contributed by atoms with Gasteiger partial charge in [0.2, 0.25) is 0 Å². The van der Waals surface area contributed by atoms with Crippen molar-refractivity contribution < 1.29 is 24.5 Å². The fourth-order valence-corrected chi connectivity index (χ4v) is 1.93. The van der Waals surface area contributed by atoms with Gasteiger partial charge in [-0.3, -0.25) is 9.59 Å². The maximum Gasteiger partial charge on any atom is 0.306 e. The Hall–Kier alpha value is -1.43. The summed E-state index contributed by atoms with van der Waals surface area (Å²) in [6, 6.07) is 6.20. The van der Waals surface area contributed by atoms with E-state index in [9.17, 15) is 19.8 Å². The maximum absolute atomic E-state index is 11.9. The summed E-state index contributed by atoms with van der Waals surface area (Å²) in [5.74, 6) is -0.661. The molecule has 0 radical (unpaired) electrons. The normalized spacial score (nSPS) is 13.5. The molecule has 21 heavy (non-hydrogen) atoms. The van der Waals surface area contributed by atoms with E-state index in [1.165, 1.54) is 0 Å². The number of esters is 1. The van der Waals surface area contributed by atoms with Gasteiger partial charge in [-0.05, 0) is 12.5 Å². The molecule has 2 N–H and O–H groups in total. The molecule has 0 aliphatic rings. The first-order chi connectivity index (χ1) is 9.99. The minimum Gasteiger partial charge on any atom is -0.466 e. The second-order valence-corrected chi connectivity index (χ2v) is 4.83. The number of carbonyl (C=O) groups excluding carboxylic acids is 2. The number of hydrogen-bond donors (Lipinski definition) is 2. The first kappa shape index (κ1) is 17.6. The summed E-state index contributed by atoms with van der Waals surface area (Å²) in [6.07, 6.45) is -2.03. The van der Waals surface area contributed by atoms with Gasteiger partial charge in [-0.15, -0.1) is 11.6 Å². The van der Waals surface area contributed by atoms with Gasteiger partial charge in [0.15, 0.2) is 5.78 Å². The highest BCUT2D eigenvalue weighted by Crippen LogP contribution is 2.19. The molecule has 0 bridgehead atoms. The van der Waals surface area contributed by atoms with Crippen LogP contribution in [-0.4, -0.2) is 40.6 Å². The van der Waals surface area contributed by atoms with E-state index in [1.54, 1.807) is 31.2 Å².